The second-order valence-corrected chi connectivity index (χ2v) is 4.92. The Morgan fingerprint density at radius 1 is 1.08 bits per heavy atom. The number of hydrazine groups is 1. The van der Waals surface area contributed by atoms with Gasteiger partial charge in [0.2, 0.25) is 5.91 Å². The average molecular weight is 328 g/mol. The van der Waals surface area contributed by atoms with Crippen molar-refractivity contribution in [2.75, 3.05) is 7.11 Å². The van der Waals surface area contributed by atoms with Crippen LogP contribution in [-0.2, 0) is 16.0 Å². The first kappa shape index (κ1) is 17.2. The summed E-state index contributed by atoms with van der Waals surface area (Å²) in [5.41, 5.74) is 5.97. The van der Waals surface area contributed by atoms with E-state index in [4.69, 9.17) is 4.74 Å². The van der Waals surface area contributed by atoms with Gasteiger partial charge in [-0.15, -0.1) is 0 Å². The van der Waals surface area contributed by atoms with Crippen LogP contribution >= 0.6 is 0 Å². The number of para-hydroxylation sites is 1. The van der Waals surface area contributed by atoms with Gasteiger partial charge in [-0.2, -0.15) is 0 Å². The molecule has 5 nitrogen and oxygen atoms in total. The van der Waals surface area contributed by atoms with Crippen LogP contribution in [0.25, 0.3) is 6.08 Å². The zero-order valence-electron chi connectivity index (χ0n) is 13.1. The molecule has 124 valence electrons. The van der Waals surface area contributed by atoms with Gasteiger partial charge in [-0.1, -0.05) is 30.3 Å². The highest BCUT2D eigenvalue weighted by molar-refractivity contribution is 5.93. The summed E-state index contributed by atoms with van der Waals surface area (Å²) in [6.07, 6.45) is 2.91. The van der Waals surface area contributed by atoms with Gasteiger partial charge < -0.3 is 4.74 Å². The molecule has 0 aliphatic carbocycles. The summed E-state index contributed by atoms with van der Waals surface area (Å²) in [7, 11) is 1.54. The second-order valence-electron chi connectivity index (χ2n) is 4.92. The number of ether oxygens (including phenoxy) is 1. The van der Waals surface area contributed by atoms with Crippen LogP contribution in [0.5, 0.6) is 5.75 Å². The molecule has 2 amide bonds. The molecule has 2 N–H and O–H groups in total. The molecule has 0 saturated carbocycles. The number of nitrogens with one attached hydrogen (secondary N) is 2. The maximum atomic E-state index is 12.8. The molecule has 24 heavy (non-hydrogen) atoms. The molecule has 0 fully saturated rings. The first-order valence-corrected chi connectivity index (χ1v) is 7.23. The van der Waals surface area contributed by atoms with E-state index < -0.39 is 11.8 Å². The molecule has 0 spiro atoms. The highest BCUT2D eigenvalue weighted by atomic mass is 19.1. The van der Waals surface area contributed by atoms with Crippen LogP contribution in [0.2, 0.25) is 0 Å². The third kappa shape index (κ3) is 5.24. The summed E-state index contributed by atoms with van der Waals surface area (Å²) < 4.78 is 18.0. The van der Waals surface area contributed by atoms with Crippen molar-refractivity contribution >= 4 is 17.9 Å². The molecule has 0 radical (unpaired) electrons. The first-order chi connectivity index (χ1) is 11.6. The van der Waals surface area contributed by atoms with Gasteiger partial charge in [0, 0.05) is 11.6 Å². The van der Waals surface area contributed by atoms with Gasteiger partial charge in [-0.3, -0.25) is 20.4 Å². The Bertz CT molecular complexity index is 742. The largest absolute Gasteiger partial charge is 0.496 e. The summed E-state index contributed by atoms with van der Waals surface area (Å²) >= 11 is 0. The third-order valence-electron chi connectivity index (χ3n) is 3.16. The summed E-state index contributed by atoms with van der Waals surface area (Å²) in [6, 6.07) is 12.8. The summed E-state index contributed by atoms with van der Waals surface area (Å²) in [6.45, 7) is 0. The van der Waals surface area contributed by atoms with Gasteiger partial charge in [-0.25, -0.2) is 4.39 Å². The molecule has 0 bridgehead atoms. The number of rotatable bonds is 5. The van der Waals surface area contributed by atoms with Gasteiger partial charge in [0.25, 0.3) is 5.91 Å². The Balaban J connectivity index is 1.83. The maximum absolute atomic E-state index is 12.8. The van der Waals surface area contributed by atoms with E-state index in [2.05, 4.69) is 10.9 Å². The minimum absolute atomic E-state index is 0.0385. The van der Waals surface area contributed by atoms with E-state index in [1.54, 1.807) is 25.3 Å². The number of methoxy groups -OCH3 is 1. The summed E-state index contributed by atoms with van der Waals surface area (Å²) in [5, 5.41) is 0. The fourth-order valence-electron chi connectivity index (χ4n) is 1.97. The molecule has 6 heteroatoms. The van der Waals surface area contributed by atoms with Crippen molar-refractivity contribution < 1.29 is 18.7 Å². The fraction of sp³-hybridized carbons (Fsp3) is 0.111. The van der Waals surface area contributed by atoms with Gasteiger partial charge in [0.15, 0.2) is 0 Å². The predicted octanol–water partition coefficient (Wildman–Crippen LogP) is 2.24. The molecule has 0 heterocycles. The van der Waals surface area contributed by atoms with E-state index in [-0.39, 0.29) is 12.2 Å². The van der Waals surface area contributed by atoms with E-state index in [0.29, 0.717) is 11.3 Å². The molecule has 0 aliphatic heterocycles. The Morgan fingerprint density at radius 2 is 1.79 bits per heavy atom. The van der Waals surface area contributed by atoms with Crippen molar-refractivity contribution in [3.8, 4) is 5.75 Å². The molecule has 0 atom stereocenters. The van der Waals surface area contributed by atoms with Crippen molar-refractivity contribution in [2.24, 2.45) is 0 Å². The summed E-state index contributed by atoms with van der Waals surface area (Å²) in [4.78, 5) is 23.4. The van der Waals surface area contributed by atoms with Gasteiger partial charge in [-0.05, 0) is 29.8 Å². The normalized spacial score (nSPS) is 10.4. The van der Waals surface area contributed by atoms with Crippen LogP contribution in [0.4, 0.5) is 4.39 Å². The summed E-state index contributed by atoms with van der Waals surface area (Å²) in [5.74, 6) is -0.607. The van der Waals surface area contributed by atoms with Gasteiger partial charge >= 0.3 is 0 Å². The van der Waals surface area contributed by atoms with Crippen molar-refractivity contribution in [1.82, 2.24) is 10.9 Å². The minimum Gasteiger partial charge on any atom is -0.496 e. The molecule has 2 aromatic rings. The lowest BCUT2D eigenvalue weighted by atomic mass is 10.1. The van der Waals surface area contributed by atoms with Crippen LogP contribution in [0.1, 0.15) is 11.1 Å². The molecule has 2 rings (SSSR count). The van der Waals surface area contributed by atoms with Crippen LogP contribution in [0.3, 0.4) is 0 Å². The number of carbonyl (C=O) groups is 2. The van der Waals surface area contributed by atoms with Gasteiger partial charge in [0.05, 0.1) is 13.5 Å². The van der Waals surface area contributed by atoms with Crippen molar-refractivity contribution in [1.29, 1.82) is 0 Å². The number of carbonyl (C=O) groups excluding carboxylic acids is 2. The average Bonchev–Trinajstić information content (AvgIpc) is 2.60. The van der Waals surface area contributed by atoms with Gasteiger partial charge in [0.1, 0.15) is 11.6 Å². The van der Waals surface area contributed by atoms with Crippen molar-refractivity contribution in [3.05, 3.63) is 71.6 Å². The highest BCUT2D eigenvalue weighted by Gasteiger charge is 2.05. The van der Waals surface area contributed by atoms with Crippen molar-refractivity contribution in [2.45, 2.75) is 6.42 Å². The molecule has 0 aliphatic rings. The molecular formula is C18H17FN2O3. The lowest BCUT2D eigenvalue weighted by Crippen LogP contribution is -2.41. The lowest BCUT2D eigenvalue weighted by Gasteiger charge is -2.06. The van der Waals surface area contributed by atoms with Crippen LogP contribution in [0.15, 0.2) is 54.6 Å². The number of hydrogen-bond acceptors (Lipinski definition) is 3. The Hall–Kier alpha value is -3.15. The quantitative estimate of drug-likeness (QED) is 0.653. The molecular weight excluding hydrogens is 311 g/mol. The second kappa shape index (κ2) is 8.47. The molecule has 0 aromatic heterocycles. The highest BCUT2D eigenvalue weighted by Crippen LogP contribution is 2.18. The monoisotopic (exact) mass is 328 g/mol. The standard InChI is InChI=1S/C18H17FN2O3/c1-24-16-5-3-2-4-14(16)8-11-17(22)20-21-18(23)12-13-6-9-15(19)10-7-13/h2-11H,12H2,1H3,(H,20,22)(H,21,23)/b11-8+. The lowest BCUT2D eigenvalue weighted by molar-refractivity contribution is -0.126. The zero-order valence-corrected chi connectivity index (χ0v) is 13.1. The Morgan fingerprint density at radius 3 is 2.50 bits per heavy atom. The van der Waals surface area contributed by atoms with E-state index in [1.165, 1.54) is 30.3 Å². The number of amides is 2. The van der Waals surface area contributed by atoms with E-state index in [9.17, 15) is 14.0 Å². The van der Waals surface area contributed by atoms with E-state index >= 15 is 0 Å². The minimum atomic E-state index is -0.478. The van der Waals surface area contributed by atoms with E-state index in [0.717, 1.165) is 5.56 Å². The SMILES string of the molecule is COc1ccccc1/C=C/C(=O)NNC(=O)Cc1ccc(F)cc1. The van der Waals surface area contributed by atoms with Crippen LogP contribution in [-0.4, -0.2) is 18.9 Å². The topological polar surface area (TPSA) is 67.4 Å². The Kier molecular flexibility index (Phi) is 6.08. The van der Waals surface area contributed by atoms with Crippen molar-refractivity contribution in [3.63, 3.8) is 0 Å². The maximum Gasteiger partial charge on any atom is 0.262 e. The molecule has 0 saturated heterocycles. The fourth-order valence-corrected chi connectivity index (χ4v) is 1.97. The first-order valence-electron chi connectivity index (χ1n) is 7.23. The van der Waals surface area contributed by atoms with Crippen LogP contribution < -0.4 is 15.6 Å². The van der Waals surface area contributed by atoms with E-state index in [1.807, 2.05) is 12.1 Å². The number of halogens is 1. The predicted molar refractivity (Wildman–Crippen MR) is 88.4 cm³/mol. The number of benzene rings is 2. The zero-order chi connectivity index (χ0) is 17.4. The smallest absolute Gasteiger partial charge is 0.262 e. The third-order valence-corrected chi connectivity index (χ3v) is 3.16. The number of hydrogen-bond donors (Lipinski definition) is 2. The molecule has 2 aromatic carbocycles. The Labute approximate surface area is 139 Å². The van der Waals surface area contributed by atoms with Crippen LogP contribution in [0, 0.1) is 5.82 Å². The molecule has 0 unspecified atom stereocenters.